The molecule has 6 heteroatoms. The summed E-state index contributed by atoms with van der Waals surface area (Å²) in [5.74, 6) is 0. The van der Waals surface area contributed by atoms with Crippen LogP contribution in [0.25, 0.3) is 0 Å². The van der Waals surface area contributed by atoms with Gasteiger partial charge in [0, 0.05) is 10.6 Å². The number of nitrogens with zero attached hydrogens (tertiary/aromatic N) is 1. The number of hydrogen-bond donors (Lipinski definition) is 1. The van der Waals surface area contributed by atoms with Gasteiger partial charge in [-0.05, 0) is 36.8 Å². The van der Waals surface area contributed by atoms with E-state index in [9.17, 15) is 8.42 Å². The molecule has 0 bridgehead atoms. The Morgan fingerprint density at radius 3 is 2.29 bits per heavy atom. The number of sulfonamides is 1. The normalized spacial score (nSPS) is 17.1. The molecule has 0 aromatic heterocycles. The molecule has 1 saturated heterocycles. The highest BCUT2D eigenvalue weighted by Crippen LogP contribution is 2.18. The van der Waals surface area contributed by atoms with Gasteiger partial charge in [0.1, 0.15) is 6.54 Å². The third-order valence-electron chi connectivity index (χ3n) is 4.58. The van der Waals surface area contributed by atoms with Crippen molar-refractivity contribution in [1.29, 1.82) is 0 Å². The first-order valence-electron chi connectivity index (χ1n) is 8.10. The minimum Gasteiger partial charge on any atom is -0.329 e. The first-order chi connectivity index (χ1) is 11.5. The lowest BCUT2D eigenvalue weighted by Gasteiger charge is -2.31. The number of aryl methyl sites for hydroxylation is 1. The number of quaternary nitrogens is 1. The van der Waals surface area contributed by atoms with E-state index in [-0.39, 0.29) is 0 Å². The third-order valence-corrected chi connectivity index (χ3v) is 6.75. The molecule has 0 unspecified atom stereocenters. The van der Waals surface area contributed by atoms with Crippen molar-refractivity contribution in [3.8, 4) is 0 Å². The van der Waals surface area contributed by atoms with E-state index in [0.29, 0.717) is 23.0 Å². The molecule has 4 nitrogen and oxygen atoms in total. The summed E-state index contributed by atoms with van der Waals surface area (Å²) in [6.07, 6.45) is 0. The highest BCUT2D eigenvalue weighted by atomic mass is 35.5. The van der Waals surface area contributed by atoms with Crippen LogP contribution in [-0.2, 0) is 16.6 Å². The maximum atomic E-state index is 12.7. The van der Waals surface area contributed by atoms with Crippen LogP contribution in [0.2, 0.25) is 5.02 Å². The quantitative estimate of drug-likeness (QED) is 0.896. The van der Waals surface area contributed by atoms with Gasteiger partial charge >= 0.3 is 0 Å². The maximum Gasteiger partial charge on any atom is 0.243 e. The van der Waals surface area contributed by atoms with Gasteiger partial charge in [-0.25, -0.2) is 8.42 Å². The van der Waals surface area contributed by atoms with Crippen LogP contribution >= 0.6 is 11.6 Å². The van der Waals surface area contributed by atoms with Crippen molar-refractivity contribution in [1.82, 2.24) is 4.31 Å². The zero-order chi connectivity index (χ0) is 17.2. The highest BCUT2D eigenvalue weighted by molar-refractivity contribution is 7.89. The summed E-state index contributed by atoms with van der Waals surface area (Å²) >= 11 is 5.84. The largest absolute Gasteiger partial charge is 0.329 e. The third kappa shape index (κ3) is 3.81. The lowest BCUT2D eigenvalue weighted by molar-refractivity contribution is -0.917. The molecule has 0 amide bonds. The summed E-state index contributed by atoms with van der Waals surface area (Å²) in [7, 11) is -3.42. The summed E-state index contributed by atoms with van der Waals surface area (Å²) in [6, 6.07) is 14.8. The van der Waals surface area contributed by atoms with E-state index in [1.165, 1.54) is 16.0 Å². The summed E-state index contributed by atoms with van der Waals surface area (Å²) in [6.45, 7) is 5.80. The Kier molecular flexibility index (Phi) is 5.25. The monoisotopic (exact) mass is 365 g/mol. The molecule has 3 rings (SSSR count). The Morgan fingerprint density at radius 1 is 1.04 bits per heavy atom. The second-order valence-electron chi connectivity index (χ2n) is 6.21. The average molecular weight is 366 g/mol. The minimum absolute atomic E-state index is 0.314. The molecule has 1 aliphatic heterocycles. The molecule has 0 spiro atoms. The van der Waals surface area contributed by atoms with Crippen LogP contribution in [0.15, 0.2) is 53.4 Å². The van der Waals surface area contributed by atoms with Crippen LogP contribution in [0.3, 0.4) is 0 Å². The van der Waals surface area contributed by atoms with Gasteiger partial charge in [0.2, 0.25) is 10.0 Å². The van der Waals surface area contributed by atoms with Gasteiger partial charge in [0.15, 0.2) is 0 Å². The summed E-state index contributed by atoms with van der Waals surface area (Å²) in [5, 5.41) is 0.543. The molecular formula is C18H22ClN2O2S+. The lowest BCUT2D eigenvalue weighted by atomic mass is 10.1. The van der Waals surface area contributed by atoms with Crippen molar-refractivity contribution in [3.05, 3.63) is 64.7 Å². The van der Waals surface area contributed by atoms with E-state index in [4.69, 9.17) is 11.6 Å². The molecule has 1 aliphatic rings. The second kappa shape index (κ2) is 7.23. The number of nitrogens with one attached hydrogen (secondary N) is 1. The maximum absolute atomic E-state index is 12.7. The summed E-state index contributed by atoms with van der Waals surface area (Å²) < 4.78 is 27.0. The van der Waals surface area contributed by atoms with Crippen molar-refractivity contribution in [2.24, 2.45) is 0 Å². The Morgan fingerprint density at radius 2 is 1.67 bits per heavy atom. The average Bonchev–Trinajstić information content (AvgIpc) is 2.58. The fourth-order valence-corrected chi connectivity index (χ4v) is 4.62. The Labute approximate surface area is 148 Å². The predicted molar refractivity (Wildman–Crippen MR) is 95.8 cm³/mol. The molecule has 0 saturated carbocycles. The molecule has 24 heavy (non-hydrogen) atoms. The fourth-order valence-electron chi connectivity index (χ4n) is 3.05. The summed E-state index contributed by atoms with van der Waals surface area (Å²) in [4.78, 5) is 1.74. The van der Waals surface area contributed by atoms with E-state index in [1.807, 2.05) is 6.07 Å². The van der Waals surface area contributed by atoms with Gasteiger partial charge in [0.25, 0.3) is 0 Å². The SMILES string of the molecule is Cc1ccccc1C[NH+]1CCN(S(=O)(=O)c2ccc(Cl)cc2)CC1. The van der Waals surface area contributed by atoms with Crippen molar-refractivity contribution >= 4 is 21.6 Å². The number of hydrogen-bond acceptors (Lipinski definition) is 2. The predicted octanol–water partition coefficient (Wildman–Crippen LogP) is 1.74. The van der Waals surface area contributed by atoms with Crippen LogP contribution in [0.4, 0.5) is 0 Å². The van der Waals surface area contributed by atoms with E-state index in [0.717, 1.165) is 19.6 Å². The van der Waals surface area contributed by atoms with E-state index in [1.54, 1.807) is 28.6 Å². The molecule has 1 heterocycles. The number of rotatable bonds is 4. The van der Waals surface area contributed by atoms with Crippen molar-refractivity contribution < 1.29 is 13.3 Å². The van der Waals surface area contributed by atoms with Gasteiger partial charge in [-0.1, -0.05) is 35.9 Å². The van der Waals surface area contributed by atoms with Crippen molar-refractivity contribution in [3.63, 3.8) is 0 Å². The van der Waals surface area contributed by atoms with Crippen LogP contribution < -0.4 is 4.90 Å². The molecular weight excluding hydrogens is 344 g/mol. The molecule has 0 atom stereocenters. The van der Waals surface area contributed by atoms with Crippen LogP contribution in [0, 0.1) is 6.92 Å². The number of piperazine rings is 1. The second-order valence-corrected chi connectivity index (χ2v) is 8.59. The van der Waals surface area contributed by atoms with E-state index in [2.05, 4.69) is 25.1 Å². The molecule has 1 fully saturated rings. The Bertz CT molecular complexity index is 798. The van der Waals surface area contributed by atoms with Gasteiger partial charge in [-0.15, -0.1) is 0 Å². The minimum atomic E-state index is -3.42. The van der Waals surface area contributed by atoms with Gasteiger partial charge in [0.05, 0.1) is 31.1 Å². The Hall–Kier alpha value is -1.40. The standard InChI is InChI=1S/C18H21ClN2O2S/c1-15-4-2-3-5-16(15)14-20-10-12-21(13-11-20)24(22,23)18-8-6-17(19)7-9-18/h2-9H,10-14H2,1H3/p+1. The van der Waals surface area contributed by atoms with E-state index < -0.39 is 10.0 Å². The van der Waals surface area contributed by atoms with Crippen LogP contribution in [0.1, 0.15) is 11.1 Å². The van der Waals surface area contributed by atoms with Crippen LogP contribution in [0.5, 0.6) is 0 Å². The molecule has 0 aliphatic carbocycles. The molecule has 2 aromatic carbocycles. The van der Waals surface area contributed by atoms with Gasteiger partial charge in [-0.2, -0.15) is 4.31 Å². The van der Waals surface area contributed by atoms with Gasteiger partial charge < -0.3 is 4.90 Å². The van der Waals surface area contributed by atoms with Crippen LogP contribution in [-0.4, -0.2) is 38.9 Å². The topological polar surface area (TPSA) is 41.8 Å². The zero-order valence-electron chi connectivity index (χ0n) is 13.7. The van der Waals surface area contributed by atoms with Crippen molar-refractivity contribution in [2.75, 3.05) is 26.2 Å². The van der Waals surface area contributed by atoms with E-state index >= 15 is 0 Å². The number of benzene rings is 2. The molecule has 2 aromatic rings. The first kappa shape index (κ1) is 17.4. The fraction of sp³-hybridized carbons (Fsp3) is 0.333. The summed E-state index contributed by atoms with van der Waals surface area (Å²) in [5.41, 5.74) is 2.63. The molecule has 128 valence electrons. The zero-order valence-corrected chi connectivity index (χ0v) is 15.3. The first-order valence-corrected chi connectivity index (χ1v) is 9.92. The van der Waals surface area contributed by atoms with Gasteiger partial charge in [-0.3, -0.25) is 0 Å². The molecule has 1 N–H and O–H groups in total. The number of halogens is 1. The van der Waals surface area contributed by atoms with Crippen molar-refractivity contribution in [2.45, 2.75) is 18.4 Å². The lowest BCUT2D eigenvalue weighted by Crippen LogP contribution is -3.13. The smallest absolute Gasteiger partial charge is 0.243 e. The highest BCUT2D eigenvalue weighted by Gasteiger charge is 2.30. The Balaban J connectivity index is 1.64. The molecule has 0 radical (unpaired) electrons.